The summed E-state index contributed by atoms with van der Waals surface area (Å²) in [6.07, 6.45) is 9.11. The molecule has 0 bridgehead atoms. The monoisotopic (exact) mass is 1650 g/mol. The molecule has 0 spiro atoms. The topological polar surface area (TPSA) is 365 Å². The standard InChI is InChI=1S/2C23H26O6S.C19H22O7S.C19H24O7S/c1-6-17-12-14-19(15-13-17)30(26,27)28-16-23(5,21(25)29-22(2,3)4)20(24)18-10-8-7-9-11-18;1-6-18-12-14-20(15-13-18)30(26,27)28-16-23(5,17(2)24)21(25)29-22(3,4)19-10-8-7-9-11-19;1-5-15-7-9-16(10-8-15)27(22,23)24-12-19(4,14(3)20)18(21)26-17-11-6-13(2)25-17;1-4-15-8-10-16(11-9-15)27(22,23)25-13-19(3,14(2)20)18(21)26-17-7-5-6-12-24-17/h2*6-15H,1,16H2,2-5H3;5-10,17H,1,11-12H2,2-4H3;4,8-11,17H,1,5-7,12-13H2,2-3H3. The summed E-state index contributed by atoms with van der Waals surface area (Å²) in [6.45, 7) is 31.1. The van der Waals surface area contributed by atoms with Crippen molar-refractivity contribution < 1.29 is 117 Å². The average Bonchev–Trinajstić information content (AvgIpc) is 0.822. The Kier molecular flexibility index (Phi) is 33.4. The first-order chi connectivity index (χ1) is 53.1. The summed E-state index contributed by atoms with van der Waals surface area (Å²) in [5, 5.41) is 0. The molecule has 2 heterocycles. The van der Waals surface area contributed by atoms with E-state index in [0.29, 0.717) is 25.2 Å². The maximum atomic E-state index is 13.1. The van der Waals surface area contributed by atoms with Gasteiger partial charge in [0.05, 0.1) is 58.4 Å². The minimum absolute atomic E-state index is 0.0806. The first-order valence-electron chi connectivity index (χ1n) is 35.6. The van der Waals surface area contributed by atoms with Crippen molar-refractivity contribution in [1.82, 2.24) is 0 Å². The van der Waals surface area contributed by atoms with Gasteiger partial charge in [-0.15, -0.1) is 0 Å². The maximum Gasteiger partial charge on any atom is 0.324 e. The Morgan fingerprint density at radius 3 is 1.03 bits per heavy atom. The lowest BCUT2D eigenvalue weighted by Crippen LogP contribution is -2.45. The lowest BCUT2D eigenvalue weighted by atomic mass is 9.83. The van der Waals surface area contributed by atoms with Crippen LogP contribution >= 0.6 is 0 Å². The molecule has 30 heteroatoms. The molecule has 6 unspecified atom stereocenters. The lowest BCUT2D eigenvalue weighted by molar-refractivity contribution is -0.198. The second kappa shape index (κ2) is 40.3. The molecule has 0 amide bonds. The molecule has 0 N–H and O–H groups in total. The fourth-order valence-electron chi connectivity index (χ4n) is 9.75. The quantitative estimate of drug-likeness (QED) is 0.0121. The molecular formula is C84H98O26S4. The molecule has 0 aliphatic carbocycles. The normalized spacial score (nSPS) is 16.4. The van der Waals surface area contributed by atoms with Gasteiger partial charge < -0.3 is 28.4 Å². The second-order valence-corrected chi connectivity index (χ2v) is 35.1. The second-order valence-electron chi connectivity index (χ2n) is 28.6. The molecule has 2 aliphatic heterocycles. The predicted molar refractivity (Wildman–Crippen MR) is 424 cm³/mol. The van der Waals surface area contributed by atoms with Crippen LogP contribution in [0.25, 0.3) is 24.3 Å². The zero-order chi connectivity index (χ0) is 85.5. The molecule has 8 rings (SSSR count). The highest BCUT2D eigenvalue weighted by Crippen LogP contribution is 2.35. The smallest absolute Gasteiger partial charge is 0.324 e. The fraction of sp³-hybridized carbons (Fsp3) is 0.357. The Bertz CT molecular complexity index is 4830. The molecular weight excluding hydrogens is 1550 g/mol. The van der Waals surface area contributed by atoms with Crippen LogP contribution in [0.15, 0.2) is 215 Å². The van der Waals surface area contributed by atoms with Gasteiger partial charge in [0.15, 0.2) is 11.2 Å². The van der Waals surface area contributed by atoms with Crippen molar-refractivity contribution >= 4 is 112 Å². The van der Waals surface area contributed by atoms with Crippen molar-refractivity contribution in [1.29, 1.82) is 0 Å². The van der Waals surface area contributed by atoms with Crippen molar-refractivity contribution in [2.24, 2.45) is 21.7 Å². The molecule has 6 aromatic rings. The summed E-state index contributed by atoms with van der Waals surface area (Å²) in [5.41, 5.74) is -5.11. The van der Waals surface area contributed by atoms with Crippen LogP contribution in [0.3, 0.4) is 0 Å². The van der Waals surface area contributed by atoms with E-state index in [2.05, 4.69) is 26.3 Å². The van der Waals surface area contributed by atoms with Crippen molar-refractivity contribution in [3.63, 3.8) is 0 Å². The molecule has 0 aromatic heterocycles. The average molecular weight is 1650 g/mol. The van der Waals surface area contributed by atoms with Gasteiger partial charge in [-0.05, 0) is 185 Å². The molecule has 26 nitrogen and oxygen atoms in total. The fourth-order valence-corrected chi connectivity index (χ4v) is 13.7. The van der Waals surface area contributed by atoms with Gasteiger partial charge in [0.1, 0.15) is 44.8 Å². The Morgan fingerprint density at radius 2 is 0.728 bits per heavy atom. The summed E-state index contributed by atoms with van der Waals surface area (Å²) in [6, 6.07) is 40.7. The van der Waals surface area contributed by atoms with Crippen molar-refractivity contribution in [3.05, 3.63) is 229 Å². The van der Waals surface area contributed by atoms with E-state index in [0.717, 1.165) is 40.7 Å². The minimum Gasteiger partial charge on any atom is -0.459 e. The zero-order valence-electron chi connectivity index (χ0n) is 66.0. The summed E-state index contributed by atoms with van der Waals surface area (Å²) in [4.78, 5) is 100.0. The van der Waals surface area contributed by atoms with Crippen LogP contribution in [0, 0.1) is 21.7 Å². The molecule has 614 valence electrons. The lowest BCUT2D eigenvalue weighted by Gasteiger charge is -2.31. The van der Waals surface area contributed by atoms with Gasteiger partial charge in [-0.1, -0.05) is 160 Å². The summed E-state index contributed by atoms with van der Waals surface area (Å²) in [7, 11) is -16.7. The van der Waals surface area contributed by atoms with Gasteiger partial charge >= 0.3 is 23.9 Å². The highest BCUT2D eigenvalue weighted by Gasteiger charge is 2.49. The van der Waals surface area contributed by atoms with Crippen LogP contribution in [-0.4, -0.2) is 132 Å². The predicted octanol–water partition coefficient (Wildman–Crippen LogP) is 13.9. The molecule has 1 fully saturated rings. The largest absolute Gasteiger partial charge is 0.459 e. The third-order valence-corrected chi connectivity index (χ3v) is 23.2. The van der Waals surface area contributed by atoms with Gasteiger partial charge in [0.25, 0.3) is 40.5 Å². The third-order valence-electron chi connectivity index (χ3n) is 18.0. The number of benzene rings is 6. The number of esters is 4. The third kappa shape index (κ3) is 26.3. The first-order valence-corrected chi connectivity index (χ1v) is 41.2. The zero-order valence-corrected chi connectivity index (χ0v) is 69.3. The van der Waals surface area contributed by atoms with Crippen LogP contribution in [0.4, 0.5) is 0 Å². The number of Topliss-reactive ketones (excluding diaryl/α,β-unsaturated/α-hetero) is 4. The van der Waals surface area contributed by atoms with Crippen LogP contribution in [0.1, 0.15) is 154 Å². The summed E-state index contributed by atoms with van der Waals surface area (Å²) in [5.74, 6) is -5.16. The molecule has 0 radical (unpaired) electrons. The molecule has 114 heavy (non-hydrogen) atoms. The Balaban J connectivity index is 0.000000272. The van der Waals surface area contributed by atoms with Gasteiger partial charge in [-0.25, -0.2) is 0 Å². The van der Waals surface area contributed by atoms with E-state index in [4.69, 9.17) is 45.2 Å². The number of hydrogen-bond acceptors (Lipinski definition) is 26. The maximum absolute atomic E-state index is 13.1. The van der Waals surface area contributed by atoms with Crippen LogP contribution < -0.4 is 0 Å². The summed E-state index contributed by atoms with van der Waals surface area (Å²) >= 11 is 0. The van der Waals surface area contributed by atoms with E-state index in [1.807, 2.05) is 18.2 Å². The number of allylic oxidation sites excluding steroid dienone is 1. The highest BCUT2D eigenvalue weighted by atomic mass is 32.2. The van der Waals surface area contributed by atoms with Gasteiger partial charge in [-0.2, -0.15) is 33.7 Å². The minimum atomic E-state index is -4.21. The number of ether oxygens (including phenoxy) is 6. The van der Waals surface area contributed by atoms with E-state index >= 15 is 0 Å². The SMILES string of the molecule is C=Cc1ccc(S(=O)(=O)OCC(C)(C(=O)OC(C)(C)C)C(=O)c2ccccc2)cc1.C=Cc1ccc(S(=O)(=O)OCC(C)(C(C)=O)C(=O)OC(C)(C)c2ccccc2)cc1.C=Cc1ccc(S(=O)(=O)OCC(C)(C(C)=O)C(=O)OC2CC=C(C)O2)cc1.C=Cc1ccc(S(=O)(=O)OCC(C)(C(C)=O)C(=O)OC2CCCCO2)cc1. The number of carbonyl (C=O) groups excluding carboxylic acids is 8. The van der Waals surface area contributed by atoms with Crippen molar-refractivity contribution in [3.8, 4) is 0 Å². The molecule has 2 aliphatic rings. The van der Waals surface area contributed by atoms with Crippen LogP contribution in [-0.2, 0) is 125 Å². The Morgan fingerprint density at radius 1 is 0.412 bits per heavy atom. The van der Waals surface area contributed by atoms with Gasteiger partial charge in [0.2, 0.25) is 12.6 Å². The number of rotatable bonds is 33. The summed E-state index contributed by atoms with van der Waals surface area (Å²) < 4.78 is 152. The Labute approximate surface area is 668 Å². The van der Waals surface area contributed by atoms with Gasteiger partial charge in [-0.3, -0.25) is 55.1 Å². The van der Waals surface area contributed by atoms with E-state index < -0.39 is 159 Å². The van der Waals surface area contributed by atoms with Crippen LogP contribution in [0.5, 0.6) is 0 Å². The number of hydrogen-bond donors (Lipinski definition) is 0. The molecule has 6 aromatic carbocycles. The molecule has 0 saturated carbocycles. The highest BCUT2D eigenvalue weighted by molar-refractivity contribution is 7.87. The van der Waals surface area contributed by atoms with Crippen molar-refractivity contribution in [2.45, 2.75) is 159 Å². The number of ketones is 4. The van der Waals surface area contributed by atoms with Gasteiger partial charge in [0, 0.05) is 18.4 Å². The molecule has 6 atom stereocenters. The van der Waals surface area contributed by atoms with E-state index in [-0.39, 0.29) is 25.1 Å². The number of carbonyl (C=O) groups is 8. The molecule has 1 saturated heterocycles. The van der Waals surface area contributed by atoms with Crippen LogP contribution in [0.2, 0.25) is 0 Å². The van der Waals surface area contributed by atoms with Crippen molar-refractivity contribution in [2.75, 3.05) is 33.0 Å². The van der Waals surface area contributed by atoms with E-state index in [1.54, 1.807) is 163 Å². The first kappa shape index (κ1) is 94.6. The Hall–Kier alpha value is -10.0. The van der Waals surface area contributed by atoms with E-state index in [1.165, 1.54) is 97.0 Å². The van der Waals surface area contributed by atoms with E-state index in [9.17, 15) is 72.0 Å².